The van der Waals surface area contributed by atoms with E-state index in [-0.39, 0.29) is 21.4 Å². The molecule has 0 amide bonds. The second-order valence-electron chi connectivity index (χ2n) is 4.13. The van der Waals surface area contributed by atoms with E-state index in [1.165, 1.54) is 25.1 Å². The molecule has 0 bridgehead atoms. The summed E-state index contributed by atoms with van der Waals surface area (Å²) in [6.45, 7) is 1.30. The fourth-order valence-corrected chi connectivity index (χ4v) is 3.54. The van der Waals surface area contributed by atoms with Gasteiger partial charge in [0.05, 0.1) is 5.69 Å². The summed E-state index contributed by atoms with van der Waals surface area (Å²) in [6.07, 6.45) is 0. The van der Waals surface area contributed by atoms with E-state index < -0.39 is 26.2 Å². The SMILES string of the molecule is Cc1[nH]c(=O)[nH]c(=O)c1S(=O)(=O)Nc1cc(Cl)cc(Cl)c1. The summed E-state index contributed by atoms with van der Waals surface area (Å²) >= 11 is 11.5. The van der Waals surface area contributed by atoms with Crippen molar-refractivity contribution in [2.75, 3.05) is 4.72 Å². The molecule has 1 aromatic carbocycles. The number of anilines is 1. The number of aromatic nitrogens is 2. The lowest BCUT2D eigenvalue weighted by molar-refractivity contribution is 0.598. The van der Waals surface area contributed by atoms with Gasteiger partial charge in [-0.05, 0) is 25.1 Å². The molecule has 3 N–H and O–H groups in total. The molecule has 1 heterocycles. The van der Waals surface area contributed by atoms with Gasteiger partial charge in [-0.2, -0.15) is 0 Å². The van der Waals surface area contributed by atoms with Gasteiger partial charge in [-0.25, -0.2) is 13.2 Å². The molecule has 0 aliphatic carbocycles. The zero-order valence-electron chi connectivity index (χ0n) is 10.5. The van der Waals surface area contributed by atoms with E-state index in [2.05, 4.69) is 9.71 Å². The lowest BCUT2D eigenvalue weighted by atomic mass is 10.3. The number of aryl methyl sites for hydroxylation is 1. The number of hydrogen-bond acceptors (Lipinski definition) is 4. The minimum absolute atomic E-state index is 0.0793. The molecular weight excluding hydrogens is 341 g/mol. The number of rotatable bonds is 3. The van der Waals surface area contributed by atoms with E-state index >= 15 is 0 Å². The quantitative estimate of drug-likeness (QED) is 0.778. The van der Waals surface area contributed by atoms with Crippen molar-refractivity contribution in [1.82, 2.24) is 9.97 Å². The van der Waals surface area contributed by atoms with E-state index in [0.29, 0.717) is 0 Å². The van der Waals surface area contributed by atoms with Gasteiger partial charge in [0, 0.05) is 15.7 Å². The van der Waals surface area contributed by atoms with Crippen molar-refractivity contribution in [2.24, 2.45) is 0 Å². The van der Waals surface area contributed by atoms with Crippen molar-refractivity contribution in [2.45, 2.75) is 11.8 Å². The van der Waals surface area contributed by atoms with Gasteiger partial charge in [-0.15, -0.1) is 0 Å². The average Bonchev–Trinajstić information content (AvgIpc) is 2.23. The smallest absolute Gasteiger partial charge is 0.310 e. The molecule has 2 aromatic rings. The van der Waals surface area contributed by atoms with Gasteiger partial charge in [0.2, 0.25) is 0 Å². The number of nitrogens with one attached hydrogen (secondary N) is 3. The predicted molar refractivity (Wildman–Crippen MR) is 79.7 cm³/mol. The lowest BCUT2D eigenvalue weighted by Gasteiger charge is -2.09. The molecule has 0 saturated heterocycles. The summed E-state index contributed by atoms with van der Waals surface area (Å²) in [6, 6.07) is 4.10. The van der Waals surface area contributed by atoms with Crippen LogP contribution in [-0.2, 0) is 10.0 Å². The van der Waals surface area contributed by atoms with Crippen LogP contribution in [0.25, 0.3) is 0 Å². The van der Waals surface area contributed by atoms with Gasteiger partial charge in [0.1, 0.15) is 0 Å². The first-order valence-electron chi connectivity index (χ1n) is 5.51. The Hall–Kier alpha value is -1.77. The molecule has 0 atom stereocenters. The summed E-state index contributed by atoms with van der Waals surface area (Å²) in [5, 5.41) is 0.458. The number of sulfonamides is 1. The van der Waals surface area contributed by atoms with Gasteiger partial charge in [-0.3, -0.25) is 14.5 Å². The monoisotopic (exact) mass is 349 g/mol. The Morgan fingerprint density at radius 1 is 1.05 bits per heavy atom. The first kappa shape index (κ1) is 15.6. The molecule has 112 valence electrons. The highest BCUT2D eigenvalue weighted by molar-refractivity contribution is 7.92. The zero-order valence-corrected chi connectivity index (χ0v) is 12.9. The first-order valence-corrected chi connectivity index (χ1v) is 7.75. The fraction of sp³-hybridized carbons (Fsp3) is 0.0909. The largest absolute Gasteiger partial charge is 0.325 e. The highest BCUT2D eigenvalue weighted by atomic mass is 35.5. The maximum atomic E-state index is 12.2. The van der Waals surface area contributed by atoms with Crippen LogP contribution in [-0.4, -0.2) is 18.4 Å². The van der Waals surface area contributed by atoms with Crippen LogP contribution in [0, 0.1) is 6.92 Å². The van der Waals surface area contributed by atoms with Gasteiger partial charge in [0.15, 0.2) is 4.90 Å². The third-order valence-electron chi connectivity index (χ3n) is 2.46. The second kappa shape index (κ2) is 5.55. The van der Waals surface area contributed by atoms with E-state index in [9.17, 15) is 18.0 Å². The Bertz CT molecular complexity index is 898. The number of halogens is 2. The van der Waals surface area contributed by atoms with Gasteiger partial charge in [-0.1, -0.05) is 23.2 Å². The number of H-pyrrole nitrogens is 2. The molecule has 7 nitrogen and oxygen atoms in total. The van der Waals surface area contributed by atoms with Crippen LogP contribution in [0.4, 0.5) is 5.69 Å². The molecule has 21 heavy (non-hydrogen) atoms. The normalized spacial score (nSPS) is 11.4. The van der Waals surface area contributed by atoms with Crippen molar-refractivity contribution in [3.63, 3.8) is 0 Å². The number of aromatic amines is 2. The molecule has 0 aliphatic rings. The van der Waals surface area contributed by atoms with Crippen molar-refractivity contribution < 1.29 is 8.42 Å². The minimum atomic E-state index is -4.21. The summed E-state index contributed by atoms with van der Waals surface area (Å²) < 4.78 is 26.7. The standard InChI is InChI=1S/C11H9Cl2N3O4S/c1-5-9(10(17)15-11(18)14-5)21(19,20)16-8-3-6(12)2-7(13)4-8/h2-4,16H,1H3,(H2,14,15,17,18). The summed E-state index contributed by atoms with van der Waals surface area (Å²) in [7, 11) is -4.21. The maximum absolute atomic E-state index is 12.2. The molecule has 2 rings (SSSR count). The van der Waals surface area contributed by atoms with Crippen LogP contribution >= 0.6 is 23.2 Å². The third kappa shape index (κ3) is 3.46. The predicted octanol–water partition coefficient (Wildman–Crippen LogP) is 1.48. The van der Waals surface area contributed by atoms with Crippen molar-refractivity contribution in [3.8, 4) is 0 Å². The van der Waals surface area contributed by atoms with Gasteiger partial charge >= 0.3 is 5.69 Å². The molecule has 0 unspecified atom stereocenters. The second-order valence-corrected chi connectivity index (χ2v) is 6.62. The lowest BCUT2D eigenvalue weighted by Crippen LogP contribution is -2.31. The van der Waals surface area contributed by atoms with Crippen molar-refractivity contribution in [1.29, 1.82) is 0 Å². The van der Waals surface area contributed by atoms with Crippen LogP contribution in [0.15, 0.2) is 32.7 Å². The third-order valence-corrected chi connectivity index (χ3v) is 4.43. The van der Waals surface area contributed by atoms with Crippen LogP contribution in [0.3, 0.4) is 0 Å². The molecule has 0 fully saturated rings. The molecular formula is C11H9Cl2N3O4S. The Morgan fingerprint density at radius 2 is 1.62 bits per heavy atom. The maximum Gasteiger partial charge on any atom is 0.325 e. The highest BCUT2D eigenvalue weighted by Gasteiger charge is 2.22. The number of hydrogen-bond donors (Lipinski definition) is 3. The van der Waals surface area contributed by atoms with Crippen LogP contribution < -0.4 is 16.0 Å². The summed E-state index contributed by atoms with van der Waals surface area (Å²) in [5.41, 5.74) is -1.79. The van der Waals surface area contributed by atoms with E-state index in [1.54, 1.807) is 0 Å². The molecule has 1 aromatic heterocycles. The Balaban J connectivity index is 2.53. The first-order chi connectivity index (χ1) is 9.69. The Kier molecular flexibility index (Phi) is 4.13. The summed E-state index contributed by atoms with van der Waals surface area (Å²) in [5.74, 6) is 0. The van der Waals surface area contributed by atoms with Crippen LogP contribution in [0.2, 0.25) is 10.0 Å². The van der Waals surface area contributed by atoms with Gasteiger partial charge in [0.25, 0.3) is 15.6 Å². The van der Waals surface area contributed by atoms with E-state index in [1.807, 2.05) is 4.98 Å². The zero-order chi connectivity index (χ0) is 15.8. The van der Waals surface area contributed by atoms with E-state index in [4.69, 9.17) is 23.2 Å². The fourth-order valence-electron chi connectivity index (χ4n) is 1.73. The van der Waals surface area contributed by atoms with E-state index in [0.717, 1.165) is 0 Å². The molecule has 0 saturated carbocycles. The Labute approximate surface area is 129 Å². The minimum Gasteiger partial charge on any atom is -0.310 e. The molecule has 0 spiro atoms. The Morgan fingerprint density at radius 3 is 2.14 bits per heavy atom. The highest BCUT2D eigenvalue weighted by Crippen LogP contribution is 2.24. The molecule has 0 aliphatic heterocycles. The molecule has 10 heteroatoms. The topological polar surface area (TPSA) is 112 Å². The van der Waals surface area contributed by atoms with Crippen LogP contribution in [0.5, 0.6) is 0 Å². The number of benzene rings is 1. The van der Waals surface area contributed by atoms with Crippen molar-refractivity contribution >= 4 is 38.9 Å². The van der Waals surface area contributed by atoms with Crippen molar-refractivity contribution in [3.05, 3.63) is 54.8 Å². The average molecular weight is 350 g/mol. The molecule has 0 radical (unpaired) electrons. The summed E-state index contributed by atoms with van der Waals surface area (Å²) in [4.78, 5) is 26.2. The van der Waals surface area contributed by atoms with Gasteiger partial charge < -0.3 is 4.98 Å². The van der Waals surface area contributed by atoms with Crippen LogP contribution in [0.1, 0.15) is 5.69 Å².